The van der Waals surface area contributed by atoms with Crippen molar-refractivity contribution in [3.8, 4) is 0 Å². The molecule has 2 aromatic rings. The number of ether oxygens (including phenoxy) is 1. The summed E-state index contributed by atoms with van der Waals surface area (Å²) >= 11 is 1.52. The van der Waals surface area contributed by atoms with Crippen molar-refractivity contribution in [1.29, 1.82) is 0 Å². The minimum absolute atomic E-state index is 0.00103. The molecule has 4 nitrogen and oxygen atoms in total. The van der Waals surface area contributed by atoms with Gasteiger partial charge in [-0.25, -0.2) is 4.39 Å². The number of carbonyl (C=O) groups excluding carboxylic acids is 2. The van der Waals surface area contributed by atoms with Gasteiger partial charge in [-0.3, -0.25) is 9.59 Å². The summed E-state index contributed by atoms with van der Waals surface area (Å²) in [6.07, 6.45) is 4.36. The first-order chi connectivity index (χ1) is 12.1. The Kier molecular flexibility index (Phi) is 5.48. The molecule has 1 N–H and O–H groups in total. The number of hydrogen-bond acceptors (Lipinski definition) is 4. The molecule has 0 saturated carbocycles. The Hall–Kier alpha value is -2.21. The zero-order valence-corrected chi connectivity index (χ0v) is 14.8. The second-order valence-corrected chi connectivity index (χ2v) is 7.26. The summed E-state index contributed by atoms with van der Waals surface area (Å²) in [6, 6.07) is 7.17. The van der Waals surface area contributed by atoms with Gasteiger partial charge in [0.1, 0.15) is 5.82 Å². The molecule has 1 aliphatic carbocycles. The number of esters is 1. The van der Waals surface area contributed by atoms with E-state index in [0.29, 0.717) is 10.4 Å². The molecule has 0 aliphatic heterocycles. The van der Waals surface area contributed by atoms with Crippen LogP contribution in [0.15, 0.2) is 30.3 Å². The van der Waals surface area contributed by atoms with Gasteiger partial charge in [-0.15, -0.1) is 11.3 Å². The molecule has 0 saturated heterocycles. The van der Waals surface area contributed by atoms with E-state index >= 15 is 0 Å². The van der Waals surface area contributed by atoms with Gasteiger partial charge < -0.3 is 10.1 Å². The summed E-state index contributed by atoms with van der Waals surface area (Å²) in [4.78, 5) is 26.3. The van der Waals surface area contributed by atoms with E-state index in [4.69, 9.17) is 4.74 Å². The molecule has 1 heterocycles. The third-order valence-electron chi connectivity index (χ3n) is 4.40. The van der Waals surface area contributed by atoms with E-state index < -0.39 is 12.0 Å². The molecule has 1 amide bonds. The predicted molar refractivity (Wildman–Crippen MR) is 94.2 cm³/mol. The first-order valence-electron chi connectivity index (χ1n) is 8.31. The summed E-state index contributed by atoms with van der Waals surface area (Å²) in [5.74, 6) is -1.00. The van der Waals surface area contributed by atoms with Gasteiger partial charge in [-0.05, 0) is 55.0 Å². The summed E-state index contributed by atoms with van der Waals surface area (Å²) in [5.41, 5.74) is 1.93. The normalized spacial score (nSPS) is 14.5. The minimum Gasteiger partial charge on any atom is -0.469 e. The number of nitrogens with one attached hydrogen (secondary N) is 1. The van der Waals surface area contributed by atoms with Crippen molar-refractivity contribution >= 4 is 23.2 Å². The summed E-state index contributed by atoms with van der Waals surface area (Å²) in [6.45, 7) is 0. The summed E-state index contributed by atoms with van der Waals surface area (Å²) in [7, 11) is 1.30. The SMILES string of the molecule is COC(=O)CC(NC(=O)c1cc2c(s1)CCCC2)c1ccc(F)cc1. The van der Waals surface area contributed by atoms with E-state index in [1.165, 1.54) is 41.0 Å². The van der Waals surface area contributed by atoms with Crippen LogP contribution < -0.4 is 5.32 Å². The van der Waals surface area contributed by atoms with E-state index in [1.54, 1.807) is 12.1 Å². The number of hydrogen-bond donors (Lipinski definition) is 1. The number of methoxy groups -OCH3 is 1. The Bertz CT molecular complexity index is 746. The first-order valence-corrected chi connectivity index (χ1v) is 9.13. The fourth-order valence-electron chi connectivity index (χ4n) is 3.03. The van der Waals surface area contributed by atoms with Crippen molar-refractivity contribution in [2.45, 2.75) is 38.1 Å². The van der Waals surface area contributed by atoms with Crippen LogP contribution in [0.25, 0.3) is 0 Å². The number of carbonyl (C=O) groups is 2. The fraction of sp³-hybridized carbons (Fsp3) is 0.368. The predicted octanol–water partition coefficient (Wildman–Crippen LogP) is 3.80. The Morgan fingerprint density at radius 3 is 2.64 bits per heavy atom. The molecular formula is C19H20FNO3S. The monoisotopic (exact) mass is 361 g/mol. The lowest BCUT2D eigenvalue weighted by atomic mass is 9.99. The van der Waals surface area contributed by atoms with Crippen molar-refractivity contribution in [3.05, 3.63) is 57.0 Å². The first kappa shape index (κ1) is 17.6. The Balaban J connectivity index is 1.78. The van der Waals surface area contributed by atoms with Gasteiger partial charge in [0.15, 0.2) is 0 Å². The molecule has 0 spiro atoms. The number of thiophene rings is 1. The standard InChI is InChI=1S/C19H20FNO3S/c1-24-18(22)11-15(12-6-8-14(20)9-7-12)21-19(23)17-10-13-4-2-3-5-16(13)25-17/h6-10,15H,2-5,11H2,1H3,(H,21,23). The molecular weight excluding hydrogens is 341 g/mol. The molecule has 1 atom stereocenters. The van der Waals surface area contributed by atoms with Gasteiger partial charge in [0.25, 0.3) is 5.91 Å². The van der Waals surface area contributed by atoms with Crippen molar-refractivity contribution in [3.63, 3.8) is 0 Å². The van der Waals surface area contributed by atoms with Crippen molar-refractivity contribution < 1.29 is 18.7 Å². The van der Waals surface area contributed by atoms with Gasteiger partial charge in [-0.1, -0.05) is 12.1 Å². The lowest BCUT2D eigenvalue weighted by molar-refractivity contribution is -0.141. The van der Waals surface area contributed by atoms with Crippen LogP contribution in [0.3, 0.4) is 0 Å². The molecule has 6 heteroatoms. The maximum Gasteiger partial charge on any atom is 0.307 e. The number of rotatable bonds is 5. The highest BCUT2D eigenvalue weighted by Gasteiger charge is 2.22. The molecule has 1 unspecified atom stereocenters. The maximum absolute atomic E-state index is 13.2. The molecule has 0 radical (unpaired) electrons. The van der Waals surface area contributed by atoms with Crippen molar-refractivity contribution in [2.75, 3.05) is 7.11 Å². The van der Waals surface area contributed by atoms with E-state index in [0.717, 1.165) is 25.7 Å². The van der Waals surface area contributed by atoms with Crippen molar-refractivity contribution in [2.24, 2.45) is 0 Å². The zero-order valence-electron chi connectivity index (χ0n) is 14.0. The summed E-state index contributed by atoms with van der Waals surface area (Å²) in [5, 5.41) is 2.89. The second-order valence-electron chi connectivity index (χ2n) is 6.12. The average Bonchev–Trinajstić information content (AvgIpc) is 3.06. The Labute approximate surface area is 150 Å². The van der Waals surface area contributed by atoms with Crippen LogP contribution in [-0.2, 0) is 22.4 Å². The van der Waals surface area contributed by atoms with E-state index in [1.807, 2.05) is 6.07 Å². The van der Waals surface area contributed by atoms with Crippen LogP contribution in [0.5, 0.6) is 0 Å². The van der Waals surface area contributed by atoms with Crippen LogP contribution in [-0.4, -0.2) is 19.0 Å². The van der Waals surface area contributed by atoms with E-state index in [2.05, 4.69) is 5.32 Å². The molecule has 1 aliphatic rings. The highest BCUT2D eigenvalue weighted by Crippen LogP contribution is 2.30. The van der Waals surface area contributed by atoms with Gasteiger partial charge in [0.2, 0.25) is 0 Å². The van der Waals surface area contributed by atoms with E-state index in [9.17, 15) is 14.0 Å². The highest BCUT2D eigenvalue weighted by molar-refractivity contribution is 7.14. The van der Waals surface area contributed by atoms with E-state index in [-0.39, 0.29) is 18.1 Å². The van der Waals surface area contributed by atoms with Crippen LogP contribution in [0.2, 0.25) is 0 Å². The number of fused-ring (bicyclic) bond motifs is 1. The second kappa shape index (κ2) is 7.78. The number of aryl methyl sites for hydroxylation is 2. The number of amides is 1. The highest BCUT2D eigenvalue weighted by atomic mass is 32.1. The molecule has 0 bridgehead atoms. The third-order valence-corrected chi connectivity index (χ3v) is 5.63. The topological polar surface area (TPSA) is 55.4 Å². The third kappa shape index (κ3) is 4.25. The van der Waals surface area contributed by atoms with Gasteiger partial charge >= 0.3 is 5.97 Å². The molecule has 132 valence electrons. The van der Waals surface area contributed by atoms with Crippen LogP contribution in [0, 0.1) is 5.82 Å². The van der Waals surface area contributed by atoms with Crippen LogP contribution in [0.1, 0.15) is 51.0 Å². The average molecular weight is 361 g/mol. The number of halogens is 1. The largest absolute Gasteiger partial charge is 0.469 e. The zero-order chi connectivity index (χ0) is 17.8. The Morgan fingerprint density at radius 2 is 1.96 bits per heavy atom. The van der Waals surface area contributed by atoms with Gasteiger partial charge in [0.05, 0.1) is 24.4 Å². The Morgan fingerprint density at radius 1 is 1.24 bits per heavy atom. The van der Waals surface area contributed by atoms with Crippen LogP contribution in [0.4, 0.5) is 4.39 Å². The lowest BCUT2D eigenvalue weighted by Gasteiger charge is -2.17. The minimum atomic E-state index is -0.556. The van der Waals surface area contributed by atoms with Gasteiger partial charge in [0, 0.05) is 4.88 Å². The van der Waals surface area contributed by atoms with Crippen LogP contribution >= 0.6 is 11.3 Å². The molecule has 3 rings (SSSR count). The maximum atomic E-state index is 13.2. The summed E-state index contributed by atoms with van der Waals surface area (Å²) < 4.78 is 17.9. The number of benzene rings is 1. The molecule has 25 heavy (non-hydrogen) atoms. The molecule has 1 aromatic carbocycles. The smallest absolute Gasteiger partial charge is 0.307 e. The quantitative estimate of drug-likeness (QED) is 0.824. The molecule has 1 aromatic heterocycles. The molecule has 0 fully saturated rings. The van der Waals surface area contributed by atoms with Gasteiger partial charge in [-0.2, -0.15) is 0 Å². The lowest BCUT2D eigenvalue weighted by Crippen LogP contribution is -2.30. The fourth-order valence-corrected chi connectivity index (χ4v) is 4.19. The van der Waals surface area contributed by atoms with Crippen molar-refractivity contribution in [1.82, 2.24) is 5.32 Å².